The van der Waals surface area contributed by atoms with Gasteiger partial charge in [0, 0.05) is 4.88 Å². The first kappa shape index (κ1) is 17.0. The Labute approximate surface area is 142 Å². The fraction of sp³-hybridized carbons (Fsp3) is 0.214. The molecule has 0 saturated heterocycles. The summed E-state index contributed by atoms with van der Waals surface area (Å²) in [6.45, 7) is 1.98. The molecule has 2 aromatic rings. The molecule has 0 fully saturated rings. The molecule has 1 amide bonds. The smallest absolute Gasteiger partial charge is 0.340 e. The quantitative estimate of drug-likeness (QED) is 0.441. The number of esters is 1. The molecule has 23 heavy (non-hydrogen) atoms. The highest BCUT2D eigenvalue weighted by Gasteiger charge is 2.17. The van der Waals surface area contributed by atoms with Crippen LogP contribution in [0.25, 0.3) is 0 Å². The number of rotatable bonds is 4. The van der Waals surface area contributed by atoms with Crippen molar-refractivity contribution in [1.29, 1.82) is 0 Å². The minimum atomic E-state index is -0.465. The number of amides is 1. The zero-order chi connectivity index (χ0) is 16.8. The molecular formula is C14H15N3O4S2. The summed E-state index contributed by atoms with van der Waals surface area (Å²) < 4.78 is 9.70. The van der Waals surface area contributed by atoms with Crippen LogP contribution in [-0.4, -0.2) is 24.1 Å². The van der Waals surface area contributed by atoms with Crippen LogP contribution in [0.3, 0.4) is 0 Å². The SMILES string of the molecule is CCc1cc(C(=O)OC)c(NC(=S)NNC(=O)c2ccco2)s1. The van der Waals surface area contributed by atoms with Crippen LogP contribution in [0.2, 0.25) is 0 Å². The Morgan fingerprint density at radius 1 is 1.39 bits per heavy atom. The van der Waals surface area contributed by atoms with Gasteiger partial charge in [0.2, 0.25) is 0 Å². The van der Waals surface area contributed by atoms with Gasteiger partial charge in [-0.25, -0.2) is 4.79 Å². The van der Waals surface area contributed by atoms with E-state index in [4.69, 9.17) is 21.4 Å². The number of hydrogen-bond acceptors (Lipinski definition) is 6. The predicted octanol–water partition coefficient (Wildman–Crippen LogP) is 2.32. The number of methoxy groups -OCH3 is 1. The van der Waals surface area contributed by atoms with E-state index in [1.807, 2.05) is 6.92 Å². The molecule has 9 heteroatoms. The van der Waals surface area contributed by atoms with Crippen LogP contribution in [0.5, 0.6) is 0 Å². The first-order valence-electron chi connectivity index (χ1n) is 6.67. The molecule has 2 rings (SSSR count). The van der Waals surface area contributed by atoms with Gasteiger partial charge in [0.05, 0.1) is 18.9 Å². The van der Waals surface area contributed by atoms with Crippen molar-refractivity contribution >= 4 is 45.5 Å². The van der Waals surface area contributed by atoms with E-state index in [1.54, 1.807) is 12.1 Å². The van der Waals surface area contributed by atoms with Gasteiger partial charge < -0.3 is 14.5 Å². The summed E-state index contributed by atoms with van der Waals surface area (Å²) in [6, 6.07) is 4.88. The standard InChI is InChI=1S/C14H15N3O4S2/c1-3-8-7-9(13(19)20-2)12(23-8)15-14(22)17-16-11(18)10-5-4-6-21-10/h4-7H,3H2,1-2H3,(H,16,18)(H2,15,17,22). The maximum Gasteiger partial charge on any atom is 0.340 e. The molecular weight excluding hydrogens is 338 g/mol. The summed E-state index contributed by atoms with van der Waals surface area (Å²) in [5.41, 5.74) is 5.34. The van der Waals surface area contributed by atoms with Crippen LogP contribution < -0.4 is 16.2 Å². The number of nitrogens with one attached hydrogen (secondary N) is 3. The molecule has 7 nitrogen and oxygen atoms in total. The largest absolute Gasteiger partial charge is 0.465 e. The van der Waals surface area contributed by atoms with Crippen LogP contribution in [-0.2, 0) is 11.2 Å². The van der Waals surface area contributed by atoms with Crippen molar-refractivity contribution in [3.05, 3.63) is 40.7 Å². The lowest BCUT2D eigenvalue weighted by molar-refractivity contribution is 0.0602. The number of ether oxygens (including phenoxy) is 1. The van der Waals surface area contributed by atoms with Crippen LogP contribution >= 0.6 is 23.6 Å². The lowest BCUT2D eigenvalue weighted by Crippen LogP contribution is -2.43. The minimum Gasteiger partial charge on any atom is -0.465 e. The van der Waals surface area contributed by atoms with E-state index in [0.717, 1.165) is 11.3 Å². The van der Waals surface area contributed by atoms with E-state index >= 15 is 0 Å². The molecule has 0 spiro atoms. The van der Waals surface area contributed by atoms with Gasteiger partial charge in [-0.3, -0.25) is 15.6 Å². The summed E-state index contributed by atoms with van der Waals surface area (Å²) in [5, 5.41) is 3.57. The highest BCUT2D eigenvalue weighted by molar-refractivity contribution is 7.80. The number of anilines is 1. The second kappa shape index (κ2) is 7.75. The van der Waals surface area contributed by atoms with Crippen LogP contribution in [0.1, 0.15) is 32.7 Å². The Balaban J connectivity index is 1.98. The van der Waals surface area contributed by atoms with E-state index in [-0.39, 0.29) is 10.9 Å². The number of carbonyl (C=O) groups excluding carboxylic acids is 2. The molecule has 2 aromatic heterocycles. The van der Waals surface area contributed by atoms with Crippen molar-refractivity contribution in [2.45, 2.75) is 13.3 Å². The number of thiocarbonyl (C=S) groups is 1. The fourth-order valence-electron chi connectivity index (χ4n) is 1.69. The molecule has 0 saturated carbocycles. The molecule has 0 radical (unpaired) electrons. The number of hydrazine groups is 1. The Kier molecular flexibility index (Phi) is 5.72. The highest BCUT2D eigenvalue weighted by atomic mass is 32.1. The minimum absolute atomic E-state index is 0.138. The molecule has 0 atom stereocenters. The van der Waals surface area contributed by atoms with E-state index < -0.39 is 11.9 Å². The van der Waals surface area contributed by atoms with Gasteiger partial charge in [0.1, 0.15) is 5.00 Å². The maximum atomic E-state index is 11.8. The van der Waals surface area contributed by atoms with Gasteiger partial charge in [0.15, 0.2) is 10.9 Å². The summed E-state index contributed by atoms with van der Waals surface area (Å²) in [7, 11) is 1.32. The third-order valence-corrected chi connectivity index (χ3v) is 4.20. The Bertz CT molecular complexity index is 710. The summed E-state index contributed by atoms with van der Waals surface area (Å²) >= 11 is 6.49. The molecule has 0 aliphatic rings. The third-order valence-electron chi connectivity index (χ3n) is 2.80. The van der Waals surface area contributed by atoms with Crippen molar-refractivity contribution < 1.29 is 18.7 Å². The second-order valence-corrected chi connectivity index (χ2v) is 5.86. The van der Waals surface area contributed by atoms with Gasteiger partial charge in [0.25, 0.3) is 0 Å². The van der Waals surface area contributed by atoms with E-state index in [9.17, 15) is 9.59 Å². The van der Waals surface area contributed by atoms with Crippen molar-refractivity contribution in [3.8, 4) is 0 Å². The van der Waals surface area contributed by atoms with Gasteiger partial charge in [-0.1, -0.05) is 6.92 Å². The second-order valence-electron chi connectivity index (χ2n) is 4.31. The lowest BCUT2D eigenvalue weighted by atomic mass is 10.2. The molecule has 0 bridgehead atoms. The van der Waals surface area contributed by atoms with Gasteiger partial charge >= 0.3 is 11.9 Å². The number of carbonyl (C=O) groups is 2. The lowest BCUT2D eigenvalue weighted by Gasteiger charge is -2.10. The fourth-order valence-corrected chi connectivity index (χ4v) is 2.89. The molecule has 2 heterocycles. The van der Waals surface area contributed by atoms with Crippen molar-refractivity contribution in [3.63, 3.8) is 0 Å². The zero-order valence-corrected chi connectivity index (χ0v) is 14.1. The van der Waals surface area contributed by atoms with Crippen LogP contribution in [0, 0.1) is 0 Å². The average molecular weight is 353 g/mol. The number of thiophene rings is 1. The molecule has 122 valence electrons. The molecule has 0 aliphatic heterocycles. The van der Waals surface area contributed by atoms with E-state index in [0.29, 0.717) is 10.6 Å². The first-order chi connectivity index (χ1) is 11.0. The van der Waals surface area contributed by atoms with Gasteiger partial charge in [-0.15, -0.1) is 11.3 Å². The Hall–Kier alpha value is -2.39. The summed E-state index contributed by atoms with van der Waals surface area (Å²) in [6.07, 6.45) is 2.18. The van der Waals surface area contributed by atoms with Crippen LogP contribution in [0.15, 0.2) is 28.9 Å². The van der Waals surface area contributed by atoms with Crippen molar-refractivity contribution in [2.24, 2.45) is 0 Å². The Morgan fingerprint density at radius 3 is 2.78 bits per heavy atom. The molecule has 0 aliphatic carbocycles. The van der Waals surface area contributed by atoms with Crippen LogP contribution in [0.4, 0.5) is 5.00 Å². The predicted molar refractivity (Wildman–Crippen MR) is 90.6 cm³/mol. The maximum absolute atomic E-state index is 11.8. The van der Waals surface area contributed by atoms with Crippen molar-refractivity contribution in [2.75, 3.05) is 12.4 Å². The average Bonchev–Trinajstić information content (AvgIpc) is 3.21. The number of hydrogen-bond donors (Lipinski definition) is 3. The number of aryl methyl sites for hydroxylation is 1. The summed E-state index contributed by atoms with van der Waals surface area (Å²) in [5.74, 6) is -0.765. The molecule has 0 aromatic carbocycles. The van der Waals surface area contributed by atoms with Gasteiger partial charge in [-0.2, -0.15) is 0 Å². The highest BCUT2D eigenvalue weighted by Crippen LogP contribution is 2.29. The normalized spacial score (nSPS) is 10.0. The molecule has 0 unspecified atom stereocenters. The molecule has 3 N–H and O–H groups in total. The van der Waals surface area contributed by atoms with E-state index in [2.05, 4.69) is 16.2 Å². The van der Waals surface area contributed by atoms with Crippen molar-refractivity contribution in [1.82, 2.24) is 10.9 Å². The first-order valence-corrected chi connectivity index (χ1v) is 7.89. The summed E-state index contributed by atoms with van der Waals surface area (Å²) in [4.78, 5) is 24.5. The topological polar surface area (TPSA) is 92.6 Å². The number of furan rings is 1. The Morgan fingerprint density at radius 2 is 2.17 bits per heavy atom. The van der Waals surface area contributed by atoms with Gasteiger partial charge in [-0.05, 0) is 36.8 Å². The zero-order valence-electron chi connectivity index (χ0n) is 12.5. The third kappa shape index (κ3) is 4.30. The monoisotopic (exact) mass is 353 g/mol. The van der Waals surface area contributed by atoms with E-state index in [1.165, 1.54) is 30.8 Å².